The molecule has 1 atom stereocenters. The van der Waals surface area contributed by atoms with Gasteiger partial charge in [0.1, 0.15) is 5.82 Å². The third-order valence-corrected chi connectivity index (χ3v) is 3.71. The van der Waals surface area contributed by atoms with Crippen LogP contribution in [0, 0.1) is 5.82 Å². The second-order valence-electron chi connectivity index (χ2n) is 4.54. The minimum atomic E-state index is -0.260. The molecule has 0 unspecified atom stereocenters. The van der Waals surface area contributed by atoms with Gasteiger partial charge in [-0.3, -0.25) is 4.90 Å². The van der Waals surface area contributed by atoms with Gasteiger partial charge in [-0.15, -0.1) is 0 Å². The molecule has 100 valence electrons. The van der Waals surface area contributed by atoms with E-state index in [1.54, 1.807) is 12.1 Å². The Morgan fingerprint density at radius 1 is 1.50 bits per heavy atom. The van der Waals surface area contributed by atoms with Crippen molar-refractivity contribution in [3.8, 4) is 0 Å². The molecule has 1 aromatic carbocycles. The number of hydrogen-bond acceptors (Lipinski definition) is 3. The van der Waals surface area contributed by atoms with Crippen molar-refractivity contribution < 1.29 is 9.50 Å². The summed E-state index contributed by atoms with van der Waals surface area (Å²) in [7, 11) is 0. The minimum absolute atomic E-state index is 0.147. The van der Waals surface area contributed by atoms with E-state index in [-0.39, 0.29) is 18.5 Å². The van der Waals surface area contributed by atoms with Gasteiger partial charge in [-0.2, -0.15) is 0 Å². The highest BCUT2D eigenvalue weighted by Gasteiger charge is 2.23. The second kappa shape index (κ2) is 6.48. The largest absolute Gasteiger partial charge is 0.396 e. The molecule has 3 nitrogen and oxygen atoms in total. The first-order chi connectivity index (χ1) is 8.72. The minimum Gasteiger partial charge on any atom is -0.396 e. The highest BCUT2D eigenvalue weighted by Crippen LogP contribution is 2.22. The number of nitrogens with one attached hydrogen (secondary N) is 1. The summed E-state index contributed by atoms with van der Waals surface area (Å²) in [6, 6.07) is 5.00. The maximum absolute atomic E-state index is 13.7. The van der Waals surface area contributed by atoms with E-state index in [4.69, 9.17) is 16.7 Å². The van der Waals surface area contributed by atoms with E-state index < -0.39 is 0 Å². The number of aliphatic hydroxyl groups is 1. The zero-order valence-corrected chi connectivity index (χ0v) is 11.0. The number of halogens is 2. The first kappa shape index (κ1) is 13.7. The van der Waals surface area contributed by atoms with Gasteiger partial charge in [0.25, 0.3) is 0 Å². The molecule has 0 spiro atoms. The third-order valence-electron chi connectivity index (χ3n) is 3.36. The maximum atomic E-state index is 13.7. The first-order valence-electron chi connectivity index (χ1n) is 6.21. The normalized spacial score (nSPS) is 21.2. The Kier molecular flexibility index (Phi) is 4.95. The molecular formula is C13H18ClFN2O. The van der Waals surface area contributed by atoms with Crippen LogP contribution in [0.1, 0.15) is 12.0 Å². The molecule has 5 heteroatoms. The molecule has 1 heterocycles. The molecule has 2 rings (SSSR count). The van der Waals surface area contributed by atoms with Gasteiger partial charge in [0.05, 0.1) is 0 Å². The summed E-state index contributed by atoms with van der Waals surface area (Å²) >= 11 is 6.04. The second-order valence-corrected chi connectivity index (χ2v) is 4.95. The molecule has 1 fully saturated rings. The summed E-state index contributed by atoms with van der Waals surface area (Å²) in [5.74, 6) is -0.260. The van der Waals surface area contributed by atoms with Crippen LogP contribution in [0.5, 0.6) is 0 Å². The average molecular weight is 273 g/mol. The lowest BCUT2D eigenvalue weighted by molar-refractivity contribution is 0.122. The Hall–Kier alpha value is -0.680. The van der Waals surface area contributed by atoms with Crippen molar-refractivity contribution in [3.05, 3.63) is 34.6 Å². The van der Waals surface area contributed by atoms with E-state index in [1.165, 1.54) is 6.07 Å². The van der Waals surface area contributed by atoms with Crippen molar-refractivity contribution in [2.75, 3.05) is 26.2 Å². The number of benzene rings is 1. The van der Waals surface area contributed by atoms with Crippen LogP contribution in [0.2, 0.25) is 5.02 Å². The van der Waals surface area contributed by atoms with E-state index in [0.29, 0.717) is 23.6 Å². The molecule has 0 saturated carbocycles. The molecule has 1 aromatic rings. The van der Waals surface area contributed by atoms with Gasteiger partial charge >= 0.3 is 0 Å². The van der Waals surface area contributed by atoms with Crippen LogP contribution in [-0.2, 0) is 6.54 Å². The predicted molar refractivity (Wildman–Crippen MR) is 70.2 cm³/mol. The SMILES string of the molecule is OCC[C@H]1CNCCN1Cc1c(F)cccc1Cl. The van der Waals surface area contributed by atoms with Gasteiger partial charge in [0.2, 0.25) is 0 Å². The Labute approximate surface area is 112 Å². The summed E-state index contributed by atoms with van der Waals surface area (Å²) in [4.78, 5) is 2.18. The van der Waals surface area contributed by atoms with E-state index >= 15 is 0 Å². The lowest BCUT2D eigenvalue weighted by Gasteiger charge is -2.36. The first-order valence-corrected chi connectivity index (χ1v) is 6.58. The average Bonchev–Trinajstić information content (AvgIpc) is 2.36. The van der Waals surface area contributed by atoms with Crippen LogP contribution in [-0.4, -0.2) is 42.3 Å². The van der Waals surface area contributed by atoms with Gasteiger partial charge in [-0.25, -0.2) is 4.39 Å². The molecule has 0 aromatic heterocycles. The zero-order chi connectivity index (χ0) is 13.0. The molecule has 0 radical (unpaired) electrons. The molecule has 1 saturated heterocycles. The number of hydrogen-bond donors (Lipinski definition) is 2. The lowest BCUT2D eigenvalue weighted by Crippen LogP contribution is -2.51. The summed E-state index contributed by atoms with van der Waals surface area (Å²) in [6.07, 6.45) is 0.694. The zero-order valence-electron chi connectivity index (χ0n) is 10.2. The van der Waals surface area contributed by atoms with Gasteiger partial charge in [0, 0.05) is 49.4 Å². The van der Waals surface area contributed by atoms with Crippen molar-refractivity contribution in [2.45, 2.75) is 19.0 Å². The Bertz CT molecular complexity index is 380. The van der Waals surface area contributed by atoms with Crippen LogP contribution in [0.15, 0.2) is 18.2 Å². The molecule has 0 bridgehead atoms. The molecule has 18 heavy (non-hydrogen) atoms. The van der Waals surface area contributed by atoms with E-state index in [1.807, 2.05) is 0 Å². The molecule has 1 aliphatic rings. The Balaban J connectivity index is 2.11. The van der Waals surface area contributed by atoms with E-state index in [9.17, 15) is 4.39 Å². The summed E-state index contributed by atoms with van der Waals surface area (Å²) in [6.45, 7) is 3.20. The standard InChI is InChI=1S/C13H18ClFN2O/c14-12-2-1-3-13(15)11(12)9-17-6-5-16-8-10(17)4-7-18/h1-3,10,16,18H,4-9H2/t10-/m0/s1. The lowest BCUT2D eigenvalue weighted by atomic mass is 10.1. The fraction of sp³-hybridized carbons (Fsp3) is 0.538. The van der Waals surface area contributed by atoms with Gasteiger partial charge in [-0.1, -0.05) is 17.7 Å². The Morgan fingerprint density at radius 3 is 3.06 bits per heavy atom. The van der Waals surface area contributed by atoms with Crippen molar-refractivity contribution >= 4 is 11.6 Å². The predicted octanol–water partition coefficient (Wildman–Crippen LogP) is 1.64. The monoisotopic (exact) mass is 272 g/mol. The summed E-state index contributed by atoms with van der Waals surface area (Å²) in [5.41, 5.74) is 0.545. The molecule has 0 aliphatic carbocycles. The Morgan fingerprint density at radius 2 is 2.33 bits per heavy atom. The fourth-order valence-electron chi connectivity index (χ4n) is 2.33. The van der Waals surface area contributed by atoms with Crippen LogP contribution in [0.25, 0.3) is 0 Å². The van der Waals surface area contributed by atoms with Crippen LogP contribution < -0.4 is 5.32 Å². The number of nitrogens with zero attached hydrogens (tertiary/aromatic N) is 1. The van der Waals surface area contributed by atoms with Gasteiger partial charge in [0.15, 0.2) is 0 Å². The van der Waals surface area contributed by atoms with E-state index in [0.717, 1.165) is 19.6 Å². The highest BCUT2D eigenvalue weighted by atomic mass is 35.5. The number of piperazine rings is 1. The summed E-state index contributed by atoms with van der Waals surface area (Å²) in [5, 5.41) is 12.8. The van der Waals surface area contributed by atoms with Crippen molar-refractivity contribution in [3.63, 3.8) is 0 Å². The van der Waals surface area contributed by atoms with Crippen LogP contribution in [0.3, 0.4) is 0 Å². The quantitative estimate of drug-likeness (QED) is 0.875. The molecule has 0 amide bonds. The van der Waals surface area contributed by atoms with Crippen molar-refractivity contribution in [2.24, 2.45) is 0 Å². The third kappa shape index (κ3) is 3.20. The van der Waals surface area contributed by atoms with Gasteiger partial charge in [-0.05, 0) is 18.6 Å². The smallest absolute Gasteiger partial charge is 0.129 e. The number of aliphatic hydroxyl groups excluding tert-OH is 1. The maximum Gasteiger partial charge on any atom is 0.129 e. The highest BCUT2D eigenvalue weighted by molar-refractivity contribution is 6.31. The molecular weight excluding hydrogens is 255 g/mol. The number of rotatable bonds is 4. The fourth-order valence-corrected chi connectivity index (χ4v) is 2.55. The molecule has 1 aliphatic heterocycles. The van der Waals surface area contributed by atoms with Gasteiger partial charge < -0.3 is 10.4 Å². The van der Waals surface area contributed by atoms with E-state index in [2.05, 4.69) is 10.2 Å². The van der Waals surface area contributed by atoms with Crippen LogP contribution >= 0.6 is 11.6 Å². The van der Waals surface area contributed by atoms with Crippen LogP contribution in [0.4, 0.5) is 4.39 Å². The topological polar surface area (TPSA) is 35.5 Å². The summed E-state index contributed by atoms with van der Waals surface area (Å²) < 4.78 is 13.7. The van der Waals surface area contributed by atoms with Crippen molar-refractivity contribution in [1.29, 1.82) is 0 Å². The molecule has 2 N–H and O–H groups in total. The van der Waals surface area contributed by atoms with Crippen molar-refractivity contribution in [1.82, 2.24) is 10.2 Å².